The van der Waals surface area contributed by atoms with E-state index in [0.29, 0.717) is 12.2 Å². The third-order valence-electron chi connectivity index (χ3n) is 1.66. The molecule has 0 aromatic heterocycles. The van der Waals surface area contributed by atoms with Gasteiger partial charge in [-0.15, -0.1) is 0 Å². The van der Waals surface area contributed by atoms with Gasteiger partial charge in [-0.05, 0) is 12.5 Å². The van der Waals surface area contributed by atoms with Crippen molar-refractivity contribution >= 4 is 18.4 Å². The van der Waals surface area contributed by atoms with Crippen LogP contribution in [-0.4, -0.2) is 11.5 Å². The Kier molecular flexibility index (Phi) is 3.35. The standard InChI is InChI=1S/C10H12OS/c1-8-3-2-4-9(5-8)6-10(11)7-12/h2-5,12H,6-7H2,1H3. The van der Waals surface area contributed by atoms with Crippen LogP contribution in [0.25, 0.3) is 0 Å². The van der Waals surface area contributed by atoms with Gasteiger partial charge in [-0.2, -0.15) is 12.6 Å². The van der Waals surface area contributed by atoms with E-state index in [1.165, 1.54) is 5.56 Å². The van der Waals surface area contributed by atoms with Crippen LogP contribution in [0.3, 0.4) is 0 Å². The number of benzene rings is 1. The molecule has 0 radical (unpaired) electrons. The average Bonchev–Trinajstić information content (AvgIpc) is 2.04. The summed E-state index contributed by atoms with van der Waals surface area (Å²) in [5.41, 5.74) is 2.27. The normalized spacial score (nSPS) is 9.83. The fourth-order valence-electron chi connectivity index (χ4n) is 1.11. The first-order valence-electron chi connectivity index (χ1n) is 3.90. The molecule has 0 aliphatic heterocycles. The minimum Gasteiger partial charge on any atom is -0.298 e. The number of ketones is 1. The number of hydrogen-bond donors (Lipinski definition) is 1. The van der Waals surface area contributed by atoms with Crippen molar-refractivity contribution < 1.29 is 4.79 Å². The highest BCUT2D eigenvalue weighted by Crippen LogP contribution is 2.05. The van der Waals surface area contributed by atoms with Gasteiger partial charge in [-0.1, -0.05) is 29.8 Å². The largest absolute Gasteiger partial charge is 0.298 e. The first-order valence-corrected chi connectivity index (χ1v) is 4.53. The second kappa shape index (κ2) is 4.31. The zero-order valence-corrected chi connectivity index (χ0v) is 7.97. The maximum absolute atomic E-state index is 11.0. The molecule has 0 N–H and O–H groups in total. The Morgan fingerprint density at radius 2 is 2.25 bits per heavy atom. The highest BCUT2D eigenvalue weighted by molar-refractivity contribution is 7.81. The minimum absolute atomic E-state index is 0.170. The lowest BCUT2D eigenvalue weighted by Crippen LogP contribution is -2.03. The maximum atomic E-state index is 11.0. The Morgan fingerprint density at radius 1 is 1.50 bits per heavy atom. The van der Waals surface area contributed by atoms with Crippen LogP contribution < -0.4 is 0 Å². The molecule has 1 aromatic rings. The fourth-order valence-corrected chi connectivity index (χ4v) is 1.22. The van der Waals surface area contributed by atoms with Gasteiger partial charge in [0.2, 0.25) is 0 Å². The van der Waals surface area contributed by atoms with E-state index >= 15 is 0 Å². The van der Waals surface area contributed by atoms with Gasteiger partial charge in [0.1, 0.15) is 5.78 Å². The van der Waals surface area contributed by atoms with Crippen molar-refractivity contribution in [2.45, 2.75) is 13.3 Å². The zero-order chi connectivity index (χ0) is 8.97. The molecule has 0 amide bonds. The van der Waals surface area contributed by atoms with Gasteiger partial charge in [-0.25, -0.2) is 0 Å². The Morgan fingerprint density at radius 3 is 2.83 bits per heavy atom. The van der Waals surface area contributed by atoms with Gasteiger partial charge in [0.05, 0.1) is 0 Å². The Hall–Kier alpha value is -0.760. The second-order valence-electron chi connectivity index (χ2n) is 2.86. The van der Waals surface area contributed by atoms with Gasteiger partial charge in [0, 0.05) is 12.2 Å². The zero-order valence-electron chi connectivity index (χ0n) is 7.08. The van der Waals surface area contributed by atoms with E-state index in [9.17, 15) is 4.79 Å². The average molecular weight is 180 g/mol. The van der Waals surface area contributed by atoms with Gasteiger partial charge >= 0.3 is 0 Å². The Bertz CT molecular complexity index is 281. The van der Waals surface area contributed by atoms with Crippen molar-refractivity contribution in [3.05, 3.63) is 35.4 Å². The van der Waals surface area contributed by atoms with Crippen LogP contribution in [0.5, 0.6) is 0 Å². The number of rotatable bonds is 3. The molecule has 0 saturated carbocycles. The minimum atomic E-state index is 0.170. The predicted molar refractivity (Wildman–Crippen MR) is 53.7 cm³/mol. The van der Waals surface area contributed by atoms with Gasteiger partial charge in [-0.3, -0.25) is 4.79 Å². The lowest BCUT2D eigenvalue weighted by Gasteiger charge is -1.99. The number of Topliss-reactive ketones (excluding diaryl/α,β-unsaturated/α-hetero) is 1. The van der Waals surface area contributed by atoms with E-state index in [2.05, 4.69) is 12.6 Å². The first-order chi connectivity index (χ1) is 5.72. The predicted octanol–water partition coefficient (Wildman–Crippen LogP) is 2.04. The molecule has 0 fully saturated rings. The monoisotopic (exact) mass is 180 g/mol. The molecule has 12 heavy (non-hydrogen) atoms. The van der Waals surface area contributed by atoms with E-state index in [4.69, 9.17) is 0 Å². The molecule has 0 spiro atoms. The van der Waals surface area contributed by atoms with Crippen molar-refractivity contribution in [2.24, 2.45) is 0 Å². The molecule has 2 heteroatoms. The van der Waals surface area contributed by atoms with Gasteiger partial charge in [0.25, 0.3) is 0 Å². The van der Waals surface area contributed by atoms with Crippen LogP contribution in [-0.2, 0) is 11.2 Å². The van der Waals surface area contributed by atoms with Crippen molar-refractivity contribution in [1.29, 1.82) is 0 Å². The van der Waals surface area contributed by atoms with E-state index in [1.807, 2.05) is 31.2 Å². The Labute approximate surface area is 78.2 Å². The number of thiol groups is 1. The van der Waals surface area contributed by atoms with E-state index < -0.39 is 0 Å². The molecule has 0 bridgehead atoms. The molecular formula is C10H12OS. The molecular weight excluding hydrogens is 168 g/mol. The summed E-state index contributed by atoms with van der Waals surface area (Å²) >= 11 is 3.92. The van der Waals surface area contributed by atoms with Crippen LogP contribution in [0.1, 0.15) is 11.1 Å². The quantitative estimate of drug-likeness (QED) is 0.704. The van der Waals surface area contributed by atoms with E-state index in [0.717, 1.165) is 5.56 Å². The molecule has 1 aromatic carbocycles. The summed E-state index contributed by atoms with van der Waals surface area (Å²) in [6.07, 6.45) is 0.505. The number of hydrogen-bond acceptors (Lipinski definition) is 2. The molecule has 0 atom stereocenters. The number of carbonyl (C=O) groups excluding carboxylic acids is 1. The third-order valence-corrected chi connectivity index (χ3v) is 2.01. The molecule has 0 saturated heterocycles. The molecule has 0 aliphatic rings. The number of aryl methyl sites for hydroxylation is 1. The third kappa shape index (κ3) is 2.70. The molecule has 1 rings (SSSR count). The van der Waals surface area contributed by atoms with Gasteiger partial charge in [0.15, 0.2) is 0 Å². The van der Waals surface area contributed by atoms with Crippen LogP contribution in [0, 0.1) is 6.92 Å². The molecule has 0 unspecified atom stereocenters. The summed E-state index contributed by atoms with van der Waals surface area (Å²) in [6.45, 7) is 2.02. The molecule has 1 nitrogen and oxygen atoms in total. The molecule has 64 valence electrons. The first kappa shape index (κ1) is 9.33. The summed E-state index contributed by atoms with van der Waals surface area (Å²) < 4.78 is 0. The maximum Gasteiger partial charge on any atom is 0.146 e. The fraction of sp³-hybridized carbons (Fsp3) is 0.300. The molecule has 0 aliphatic carbocycles. The van der Waals surface area contributed by atoms with E-state index in [-0.39, 0.29) is 5.78 Å². The summed E-state index contributed by atoms with van der Waals surface area (Å²) in [6, 6.07) is 7.99. The Balaban J connectivity index is 2.69. The highest BCUT2D eigenvalue weighted by Gasteiger charge is 2.00. The lowest BCUT2D eigenvalue weighted by atomic mass is 10.1. The summed E-state index contributed by atoms with van der Waals surface area (Å²) in [7, 11) is 0. The van der Waals surface area contributed by atoms with E-state index in [1.54, 1.807) is 0 Å². The smallest absolute Gasteiger partial charge is 0.146 e. The van der Waals surface area contributed by atoms with Crippen LogP contribution in [0.4, 0.5) is 0 Å². The van der Waals surface area contributed by atoms with Crippen LogP contribution in [0.15, 0.2) is 24.3 Å². The van der Waals surface area contributed by atoms with Crippen LogP contribution in [0.2, 0.25) is 0 Å². The summed E-state index contributed by atoms with van der Waals surface area (Å²) in [5.74, 6) is 0.498. The van der Waals surface area contributed by atoms with Crippen molar-refractivity contribution in [1.82, 2.24) is 0 Å². The van der Waals surface area contributed by atoms with Crippen molar-refractivity contribution in [2.75, 3.05) is 5.75 Å². The lowest BCUT2D eigenvalue weighted by molar-refractivity contribution is -0.115. The van der Waals surface area contributed by atoms with Crippen LogP contribution >= 0.6 is 12.6 Å². The topological polar surface area (TPSA) is 17.1 Å². The second-order valence-corrected chi connectivity index (χ2v) is 3.18. The van der Waals surface area contributed by atoms with Crippen molar-refractivity contribution in [3.8, 4) is 0 Å². The van der Waals surface area contributed by atoms with Gasteiger partial charge < -0.3 is 0 Å². The highest BCUT2D eigenvalue weighted by atomic mass is 32.1. The summed E-state index contributed by atoms with van der Waals surface area (Å²) in [5, 5.41) is 0. The van der Waals surface area contributed by atoms with Crippen molar-refractivity contribution in [3.63, 3.8) is 0 Å². The molecule has 0 heterocycles. The number of carbonyl (C=O) groups is 1. The SMILES string of the molecule is Cc1cccc(CC(=O)CS)c1. The summed E-state index contributed by atoms with van der Waals surface area (Å²) in [4.78, 5) is 11.0.